The lowest BCUT2D eigenvalue weighted by Crippen LogP contribution is -2.20. The molecule has 0 aromatic heterocycles. The molecule has 26 heavy (non-hydrogen) atoms. The van der Waals surface area contributed by atoms with Gasteiger partial charge in [0.25, 0.3) is 11.6 Å². The predicted octanol–water partition coefficient (Wildman–Crippen LogP) is 4.62. The summed E-state index contributed by atoms with van der Waals surface area (Å²) in [6, 6.07) is 5.46. The van der Waals surface area contributed by atoms with Gasteiger partial charge in [0.1, 0.15) is 0 Å². The van der Waals surface area contributed by atoms with Crippen LogP contribution in [0.15, 0.2) is 41.0 Å². The molecule has 8 heteroatoms. The van der Waals surface area contributed by atoms with Crippen LogP contribution in [0.4, 0.5) is 5.69 Å². The molecule has 0 atom stereocenters. The number of nitro groups is 1. The van der Waals surface area contributed by atoms with E-state index in [-0.39, 0.29) is 15.7 Å². The molecule has 1 aromatic rings. The lowest BCUT2D eigenvalue weighted by molar-refractivity contribution is -0.384. The van der Waals surface area contributed by atoms with Gasteiger partial charge in [0.15, 0.2) is 0 Å². The van der Waals surface area contributed by atoms with Gasteiger partial charge < -0.3 is 0 Å². The fourth-order valence-electron chi connectivity index (χ4n) is 2.53. The van der Waals surface area contributed by atoms with Crippen molar-refractivity contribution in [3.63, 3.8) is 0 Å². The molecular formula is C18H23N3O3S2. The first-order valence-electron chi connectivity index (χ1n) is 8.39. The van der Waals surface area contributed by atoms with Crippen LogP contribution in [0.25, 0.3) is 0 Å². The smallest absolute Gasteiger partial charge is 0.267 e. The number of thioether (sulfide) groups is 2. The van der Waals surface area contributed by atoms with Gasteiger partial charge in [-0.1, -0.05) is 11.6 Å². The fraction of sp³-hybridized carbons (Fsp3) is 0.444. The summed E-state index contributed by atoms with van der Waals surface area (Å²) in [5.41, 5.74) is 4.12. The van der Waals surface area contributed by atoms with Crippen molar-refractivity contribution in [2.75, 3.05) is 11.5 Å². The maximum atomic E-state index is 12.0. The summed E-state index contributed by atoms with van der Waals surface area (Å²) in [4.78, 5) is 22.2. The topological polar surface area (TPSA) is 84.6 Å². The molecule has 1 N–H and O–H groups in total. The third-order valence-electron chi connectivity index (χ3n) is 3.89. The first-order chi connectivity index (χ1) is 12.4. The summed E-state index contributed by atoms with van der Waals surface area (Å²) in [5, 5.41) is 14.7. The van der Waals surface area contributed by atoms with Crippen molar-refractivity contribution in [2.24, 2.45) is 5.10 Å². The van der Waals surface area contributed by atoms with E-state index in [1.807, 2.05) is 23.5 Å². The summed E-state index contributed by atoms with van der Waals surface area (Å²) >= 11 is 3.93. The number of nitro benzene ring substituents is 1. The number of carbonyl (C=O) groups excluding carboxylic acids is 1. The van der Waals surface area contributed by atoms with Crippen molar-refractivity contribution in [1.82, 2.24) is 5.43 Å². The Labute approximate surface area is 162 Å². The third-order valence-corrected chi connectivity index (χ3v) is 7.47. The summed E-state index contributed by atoms with van der Waals surface area (Å²) in [7, 11) is 0. The minimum Gasteiger partial charge on any atom is -0.267 e. The number of rotatable bonds is 8. The van der Waals surface area contributed by atoms with Gasteiger partial charge >= 0.3 is 0 Å². The highest BCUT2D eigenvalue weighted by Gasteiger charge is 2.33. The number of hydrogen-bond acceptors (Lipinski definition) is 6. The number of nitrogens with zero attached hydrogens (tertiary/aromatic N) is 2. The van der Waals surface area contributed by atoms with Gasteiger partial charge in [-0.2, -0.15) is 5.10 Å². The van der Waals surface area contributed by atoms with Gasteiger partial charge in [-0.05, 0) is 38.8 Å². The molecular weight excluding hydrogens is 370 g/mol. The van der Waals surface area contributed by atoms with E-state index in [1.54, 1.807) is 6.21 Å². The Hall–Kier alpha value is -1.80. The molecule has 1 saturated heterocycles. The predicted molar refractivity (Wildman–Crippen MR) is 110 cm³/mol. The monoisotopic (exact) mass is 393 g/mol. The number of allylic oxidation sites excluding steroid dienone is 2. The highest BCUT2D eigenvalue weighted by atomic mass is 32.2. The van der Waals surface area contributed by atoms with Crippen LogP contribution in [0, 0.1) is 10.1 Å². The van der Waals surface area contributed by atoms with E-state index < -0.39 is 4.92 Å². The Morgan fingerprint density at radius 3 is 2.54 bits per heavy atom. The lowest BCUT2D eigenvalue weighted by Gasteiger charge is -2.24. The first-order valence-corrected chi connectivity index (χ1v) is 10.4. The molecule has 1 heterocycles. The minimum absolute atomic E-state index is 0.0429. The van der Waals surface area contributed by atoms with E-state index in [4.69, 9.17) is 0 Å². The van der Waals surface area contributed by atoms with Crippen molar-refractivity contribution in [2.45, 2.75) is 37.2 Å². The van der Waals surface area contributed by atoms with Crippen LogP contribution in [0.5, 0.6) is 0 Å². The van der Waals surface area contributed by atoms with Crippen molar-refractivity contribution in [3.8, 4) is 0 Å². The molecule has 2 rings (SSSR count). The Kier molecular flexibility index (Phi) is 7.71. The molecule has 0 spiro atoms. The molecule has 1 aliphatic heterocycles. The normalized spacial score (nSPS) is 15.8. The molecule has 6 nitrogen and oxygen atoms in total. The van der Waals surface area contributed by atoms with Gasteiger partial charge in [0, 0.05) is 41.8 Å². The van der Waals surface area contributed by atoms with Crippen molar-refractivity contribution in [1.29, 1.82) is 0 Å². The third kappa shape index (κ3) is 6.17. The molecule has 0 radical (unpaired) electrons. The quantitative estimate of drug-likeness (QED) is 0.301. The van der Waals surface area contributed by atoms with E-state index in [0.29, 0.717) is 5.56 Å². The van der Waals surface area contributed by atoms with E-state index in [9.17, 15) is 14.9 Å². The van der Waals surface area contributed by atoms with Crippen molar-refractivity contribution < 1.29 is 9.72 Å². The van der Waals surface area contributed by atoms with Crippen LogP contribution in [0.3, 0.4) is 0 Å². The zero-order valence-corrected chi connectivity index (χ0v) is 16.6. The van der Waals surface area contributed by atoms with Crippen LogP contribution >= 0.6 is 23.5 Å². The first kappa shape index (κ1) is 20.5. The van der Waals surface area contributed by atoms with Crippen molar-refractivity contribution in [3.05, 3.63) is 51.6 Å². The van der Waals surface area contributed by atoms with E-state index in [0.717, 1.165) is 30.8 Å². The Morgan fingerprint density at radius 1 is 1.31 bits per heavy atom. The Balaban J connectivity index is 1.87. The van der Waals surface area contributed by atoms with Crippen LogP contribution in [0.2, 0.25) is 0 Å². The number of non-ortho nitro benzene ring substituents is 1. The number of amides is 1. The molecule has 1 aliphatic rings. The number of carbonyl (C=O) groups is 1. The maximum absolute atomic E-state index is 12.0. The van der Waals surface area contributed by atoms with Crippen molar-refractivity contribution >= 4 is 41.3 Å². The van der Waals surface area contributed by atoms with E-state index >= 15 is 0 Å². The fourth-order valence-corrected chi connectivity index (χ4v) is 5.68. The second-order valence-corrected chi connectivity index (χ2v) is 9.40. The summed E-state index contributed by atoms with van der Waals surface area (Å²) in [6.45, 7) is 4.22. The van der Waals surface area contributed by atoms with Gasteiger partial charge in [-0.15, -0.1) is 23.5 Å². The van der Waals surface area contributed by atoms with Gasteiger partial charge in [-0.25, -0.2) is 5.43 Å². The second kappa shape index (κ2) is 9.78. The Bertz CT molecular complexity index is 692. The Morgan fingerprint density at radius 2 is 1.96 bits per heavy atom. The molecule has 1 amide bonds. The molecule has 0 unspecified atom stereocenters. The number of hydrogen-bond donors (Lipinski definition) is 1. The van der Waals surface area contributed by atoms with Crippen LogP contribution in [-0.4, -0.2) is 32.6 Å². The van der Waals surface area contributed by atoms with E-state index in [1.165, 1.54) is 29.8 Å². The molecule has 1 fully saturated rings. The lowest BCUT2D eigenvalue weighted by atomic mass is 10.1. The summed E-state index contributed by atoms with van der Waals surface area (Å²) < 4.78 is 0.132. The summed E-state index contributed by atoms with van der Waals surface area (Å²) in [6.07, 6.45) is 6.94. The highest BCUT2D eigenvalue weighted by Crippen LogP contribution is 2.49. The van der Waals surface area contributed by atoms with Gasteiger partial charge in [0.2, 0.25) is 0 Å². The zero-order chi connectivity index (χ0) is 19.0. The second-order valence-electron chi connectivity index (χ2n) is 6.19. The number of nitrogens with one attached hydrogen (secondary N) is 1. The van der Waals surface area contributed by atoms with Crippen LogP contribution in [0.1, 0.15) is 43.5 Å². The minimum atomic E-state index is -0.495. The molecule has 0 aliphatic carbocycles. The maximum Gasteiger partial charge on any atom is 0.271 e. The summed E-state index contributed by atoms with van der Waals surface area (Å²) in [5.74, 6) is 1.91. The SMILES string of the molecule is CC(C)=CCCC1(C/C=N/NC(=O)c2ccc([N+](=O)[O-])cc2)SCCS1. The van der Waals surface area contributed by atoms with Crippen LogP contribution < -0.4 is 5.43 Å². The average molecular weight is 394 g/mol. The van der Waals surface area contributed by atoms with E-state index in [2.05, 4.69) is 30.5 Å². The standard InChI is InChI=1S/C18H23N3O3S2/c1-14(2)4-3-9-18(25-12-13-26-18)10-11-19-20-17(22)15-5-7-16(8-6-15)21(23)24/h4-8,11H,3,9-10,12-13H2,1-2H3,(H,20,22)/b19-11+. The highest BCUT2D eigenvalue weighted by molar-refractivity contribution is 8.21. The molecule has 0 bridgehead atoms. The number of hydrazone groups is 1. The zero-order valence-electron chi connectivity index (χ0n) is 14.9. The molecule has 1 aromatic carbocycles. The molecule has 140 valence electrons. The van der Waals surface area contributed by atoms with Gasteiger partial charge in [0.05, 0.1) is 9.00 Å². The molecule has 0 saturated carbocycles. The number of benzene rings is 1. The largest absolute Gasteiger partial charge is 0.271 e. The van der Waals surface area contributed by atoms with Crippen LogP contribution in [-0.2, 0) is 0 Å². The van der Waals surface area contributed by atoms with Gasteiger partial charge in [-0.3, -0.25) is 14.9 Å². The average Bonchev–Trinajstić information content (AvgIpc) is 3.07.